The fourth-order valence-electron chi connectivity index (χ4n) is 3.25. The minimum atomic E-state index is -0.360. The Morgan fingerprint density at radius 2 is 1.82 bits per heavy atom. The van der Waals surface area contributed by atoms with E-state index in [2.05, 4.69) is 39.9 Å². The molecule has 0 radical (unpaired) electrons. The fraction of sp³-hybridized carbons (Fsp3) is 0.238. The number of carbonyl (C=O) groups excluding carboxylic acids is 1. The molecule has 4 rings (SSSR count). The molecule has 0 amide bonds. The number of hydrogen-bond donors (Lipinski definition) is 0. The van der Waals surface area contributed by atoms with Crippen LogP contribution in [0.2, 0.25) is 0 Å². The van der Waals surface area contributed by atoms with Crippen molar-refractivity contribution < 1.29 is 4.79 Å². The van der Waals surface area contributed by atoms with Crippen molar-refractivity contribution in [3.05, 3.63) is 74.9 Å². The average Bonchev–Trinajstić information content (AvgIpc) is 3.09. The van der Waals surface area contributed by atoms with Gasteiger partial charge in [-0.2, -0.15) is 4.52 Å². The topological polar surface area (TPSA) is 69.3 Å². The number of Topliss-reactive ketones (excluding diaryl/α,β-unsaturated/α-hetero) is 1. The van der Waals surface area contributed by atoms with E-state index in [1.54, 1.807) is 12.1 Å². The number of aromatic nitrogens is 4. The van der Waals surface area contributed by atoms with Gasteiger partial charge in [-0.15, -0.1) is 5.10 Å². The molecule has 0 aliphatic heterocycles. The van der Waals surface area contributed by atoms with Crippen LogP contribution in [0.5, 0.6) is 0 Å². The number of halogens is 1. The molecule has 0 N–H and O–H groups in total. The predicted molar refractivity (Wildman–Crippen MR) is 112 cm³/mol. The molecule has 0 aliphatic rings. The van der Waals surface area contributed by atoms with Crippen molar-refractivity contribution in [1.82, 2.24) is 19.2 Å². The van der Waals surface area contributed by atoms with E-state index in [0.717, 1.165) is 9.86 Å². The molecule has 0 aliphatic carbocycles. The van der Waals surface area contributed by atoms with Crippen LogP contribution in [0.4, 0.5) is 0 Å². The highest BCUT2D eigenvalue weighted by Crippen LogP contribution is 2.18. The SMILES string of the molecule is CC(C)Cc1nc2c3ccccc3n(CC(=O)c3ccc(Br)cc3)c(=O)n2n1. The zero-order valence-corrected chi connectivity index (χ0v) is 17.2. The molecule has 28 heavy (non-hydrogen) atoms. The summed E-state index contributed by atoms with van der Waals surface area (Å²) >= 11 is 3.37. The van der Waals surface area contributed by atoms with E-state index in [-0.39, 0.29) is 18.0 Å². The molecule has 2 heterocycles. The Balaban J connectivity index is 1.87. The summed E-state index contributed by atoms with van der Waals surface area (Å²) in [6.07, 6.45) is 0.688. The van der Waals surface area contributed by atoms with E-state index in [9.17, 15) is 9.59 Å². The standard InChI is InChI=1S/C21H19BrN4O2/c1-13(2)11-19-23-20-16-5-3-4-6-17(16)25(21(28)26(20)24-19)12-18(27)14-7-9-15(22)10-8-14/h3-10,13H,11-12H2,1-2H3. The summed E-state index contributed by atoms with van der Waals surface area (Å²) in [4.78, 5) is 30.5. The largest absolute Gasteiger partial charge is 0.351 e. The molecule has 0 saturated carbocycles. The van der Waals surface area contributed by atoms with Crippen molar-refractivity contribution in [3.8, 4) is 0 Å². The summed E-state index contributed by atoms with van der Waals surface area (Å²) in [6, 6.07) is 14.6. The van der Waals surface area contributed by atoms with Gasteiger partial charge in [-0.3, -0.25) is 9.36 Å². The molecule has 0 atom stereocenters. The van der Waals surface area contributed by atoms with Crippen LogP contribution in [-0.4, -0.2) is 24.9 Å². The highest BCUT2D eigenvalue weighted by molar-refractivity contribution is 9.10. The van der Waals surface area contributed by atoms with Crippen molar-refractivity contribution in [3.63, 3.8) is 0 Å². The first-order valence-electron chi connectivity index (χ1n) is 9.10. The minimum absolute atomic E-state index is 0.0592. The van der Waals surface area contributed by atoms with Crippen LogP contribution >= 0.6 is 15.9 Å². The van der Waals surface area contributed by atoms with E-state index >= 15 is 0 Å². The highest BCUT2D eigenvalue weighted by Gasteiger charge is 2.17. The van der Waals surface area contributed by atoms with Crippen LogP contribution in [0.15, 0.2) is 57.8 Å². The smallest absolute Gasteiger partial charge is 0.292 e. The van der Waals surface area contributed by atoms with Crippen molar-refractivity contribution >= 4 is 38.3 Å². The number of carbonyl (C=O) groups is 1. The third kappa shape index (κ3) is 3.38. The van der Waals surface area contributed by atoms with Crippen LogP contribution in [0.1, 0.15) is 30.0 Å². The Morgan fingerprint density at radius 3 is 2.54 bits per heavy atom. The van der Waals surface area contributed by atoms with Crippen molar-refractivity contribution in [1.29, 1.82) is 0 Å². The molecule has 142 valence electrons. The lowest BCUT2D eigenvalue weighted by Crippen LogP contribution is -2.30. The van der Waals surface area contributed by atoms with E-state index in [1.165, 1.54) is 9.08 Å². The van der Waals surface area contributed by atoms with Gasteiger partial charge in [-0.25, -0.2) is 9.78 Å². The maximum Gasteiger partial charge on any atom is 0.351 e. The second-order valence-electron chi connectivity index (χ2n) is 7.18. The molecule has 0 saturated heterocycles. The van der Waals surface area contributed by atoms with Gasteiger partial charge in [0.15, 0.2) is 17.3 Å². The summed E-state index contributed by atoms with van der Waals surface area (Å²) in [5.74, 6) is 0.876. The van der Waals surface area contributed by atoms with Crippen LogP contribution in [0.25, 0.3) is 16.6 Å². The number of benzene rings is 2. The molecule has 0 spiro atoms. The molecule has 0 unspecified atom stereocenters. The zero-order chi connectivity index (χ0) is 19.8. The monoisotopic (exact) mass is 438 g/mol. The third-order valence-electron chi connectivity index (χ3n) is 4.56. The Bertz CT molecular complexity index is 1240. The Labute approximate surface area is 170 Å². The summed E-state index contributed by atoms with van der Waals surface area (Å²) in [7, 11) is 0. The summed E-state index contributed by atoms with van der Waals surface area (Å²) in [6.45, 7) is 4.11. The fourth-order valence-corrected chi connectivity index (χ4v) is 3.52. The van der Waals surface area contributed by atoms with Gasteiger partial charge in [0.25, 0.3) is 0 Å². The van der Waals surface area contributed by atoms with Gasteiger partial charge in [0.1, 0.15) is 0 Å². The van der Waals surface area contributed by atoms with Crippen LogP contribution in [0.3, 0.4) is 0 Å². The van der Waals surface area contributed by atoms with E-state index in [0.29, 0.717) is 34.9 Å². The first kappa shape index (κ1) is 18.6. The summed E-state index contributed by atoms with van der Waals surface area (Å²) in [5, 5.41) is 5.21. The highest BCUT2D eigenvalue weighted by atomic mass is 79.9. The molecular weight excluding hydrogens is 420 g/mol. The molecule has 4 aromatic rings. The number of nitrogens with zero attached hydrogens (tertiary/aromatic N) is 4. The third-order valence-corrected chi connectivity index (χ3v) is 5.09. The lowest BCUT2D eigenvalue weighted by atomic mass is 10.1. The minimum Gasteiger partial charge on any atom is -0.292 e. The maximum absolute atomic E-state index is 13.1. The molecule has 2 aromatic carbocycles. The lowest BCUT2D eigenvalue weighted by molar-refractivity contribution is 0.0971. The quantitative estimate of drug-likeness (QED) is 0.443. The second kappa shape index (κ2) is 7.31. The van der Waals surface area contributed by atoms with Crippen LogP contribution in [0, 0.1) is 5.92 Å². The number of rotatable bonds is 5. The second-order valence-corrected chi connectivity index (χ2v) is 8.09. The van der Waals surface area contributed by atoms with Crippen molar-refractivity contribution in [2.45, 2.75) is 26.8 Å². The lowest BCUT2D eigenvalue weighted by Gasteiger charge is -2.10. The van der Waals surface area contributed by atoms with Gasteiger partial charge in [0.2, 0.25) is 0 Å². The van der Waals surface area contributed by atoms with Gasteiger partial charge in [0.05, 0.1) is 12.1 Å². The number of ketones is 1. The normalized spacial score (nSPS) is 11.6. The molecule has 6 nitrogen and oxygen atoms in total. The first-order chi connectivity index (χ1) is 13.4. The van der Waals surface area contributed by atoms with Gasteiger partial charge in [0, 0.05) is 21.8 Å². The summed E-state index contributed by atoms with van der Waals surface area (Å²) in [5.41, 5.74) is 1.40. The average molecular weight is 439 g/mol. The number of fused-ring (bicyclic) bond motifs is 3. The first-order valence-corrected chi connectivity index (χ1v) is 9.89. The number of para-hydroxylation sites is 1. The molecule has 2 aromatic heterocycles. The van der Waals surface area contributed by atoms with Crippen molar-refractivity contribution in [2.75, 3.05) is 0 Å². The Kier molecular flexibility index (Phi) is 4.85. The zero-order valence-electron chi connectivity index (χ0n) is 15.6. The van der Waals surface area contributed by atoms with Gasteiger partial charge >= 0.3 is 5.69 Å². The predicted octanol–water partition coefficient (Wildman–Crippen LogP) is 3.89. The molecule has 0 bridgehead atoms. The Hall–Kier alpha value is -2.80. The van der Waals surface area contributed by atoms with E-state index in [1.807, 2.05) is 36.4 Å². The van der Waals surface area contributed by atoms with Gasteiger partial charge in [-0.1, -0.05) is 54.0 Å². The summed E-state index contributed by atoms with van der Waals surface area (Å²) < 4.78 is 3.68. The maximum atomic E-state index is 13.1. The molecule has 0 fully saturated rings. The van der Waals surface area contributed by atoms with E-state index < -0.39 is 0 Å². The Morgan fingerprint density at radius 1 is 1.11 bits per heavy atom. The van der Waals surface area contributed by atoms with Gasteiger partial charge < -0.3 is 0 Å². The molecule has 7 heteroatoms. The molecular formula is C21H19BrN4O2. The van der Waals surface area contributed by atoms with Gasteiger partial charge in [-0.05, 0) is 30.2 Å². The van der Waals surface area contributed by atoms with Crippen molar-refractivity contribution in [2.24, 2.45) is 5.92 Å². The van der Waals surface area contributed by atoms with Crippen LogP contribution < -0.4 is 5.69 Å². The number of hydrogen-bond acceptors (Lipinski definition) is 4. The van der Waals surface area contributed by atoms with E-state index in [4.69, 9.17) is 0 Å². The van der Waals surface area contributed by atoms with Crippen LogP contribution in [-0.2, 0) is 13.0 Å².